The molecule has 0 radical (unpaired) electrons. The number of carbonyl (C=O) groups is 2. The molecule has 0 bridgehead atoms. The van der Waals surface area contributed by atoms with E-state index in [1.807, 2.05) is 6.92 Å². The molecule has 1 atom stereocenters. The predicted molar refractivity (Wildman–Crippen MR) is 99.8 cm³/mol. The summed E-state index contributed by atoms with van der Waals surface area (Å²) in [6.45, 7) is 2.59. The highest BCUT2D eigenvalue weighted by atomic mass is 19.1. The third-order valence-corrected chi connectivity index (χ3v) is 4.37. The van der Waals surface area contributed by atoms with E-state index in [4.69, 9.17) is 4.74 Å². The maximum Gasteiger partial charge on any atom is 0.306 e. The molecular weight excluding hydrogens is 369 g/mol. The largest absolute Gasteiger partial charge is 0.494 e. The summed E-state index contributed by atoms with van der Waals surface area (Å²) in [5, 5.41) is 13.3. The number of amides is 2. The molecule has 1 heterocycles. The second kappa shape index (κ2) is 8.03. The van der Waals surface area contributed by atoms with Crippen LogP contribution in [-0.2, 0) is 9.59 Å². The third kappa shape index (κ3) is 4.08. The van der Waals surface area contributed by atoms with Crippen molar-refractivity contribution in [2.45, 2.75) is 13.3 Å². The van der Waals surface area contributed by atoms with Gasteiger partial charge in [-0.3, -0.25) is 19.7 Å². The molecule has 0 spiro atoms. The van der Waals surface area contributed by atoms with Gasteiger partial charge in [0.1, 0.15) is 5.75 Å². The third-order valence-electron chi connectivity index (χ3n) is 4.37. The number of halogens is 1. The average Bonchev–Trinajstić information content (AvgIpc) is 3.06. The Hall–Kier alpha value is -3.49. The SMILES string of the molecule is CCOc1ccc(N2CC(C(=O)Nc3ccc(F)c([N+](=O)[O-])c3)CC2=O)cc1. The van der Waals surface area contributed by atoms with E-state index >= 15 is 0 Å². The van der Waals surface area contributed by atoms with Crippen LogP contribution >= 0.6 is 0 Å². The zero-order valence-corrected chi connectivity index (χ0v) is 15.1. The molecule has 2 aromatic carbocycles. The molecule has 1 aliphatic heterocycles. The lowest BCUT2D eigenvalue weighted by Gasteiger charge is -2.17. The van der Waals surface area contributed by atoms with E-state index in [1.165, 1.54) is 11.0 Å². The smallest absolute Gasteiger partial charge is 0.306 e. The van der Waals surface area contributed by atoms with Crippen LogP contribution in [0.15, 0.2) is 42.5 Å². The normalized spacial score (nSPS) is 16.1. The van der Waals surface area contributed by atoms with E-state index in [0.717, 1.165) is 12.1 Å². The van der Waals surface area contributed by atoms with Crippen LogP contribution in [-0.4, -0.2) is 29.9 Å². The highest BCUT2D eigenvalue weighted by Gasteiger charge is 2.35. The molecule has 2 amide bonds. The first-order chi connectivity index (χ1) is 13.4. The molecule has 1 saturated heterocycles. The number of nitrogens with zero attached hydrogens (tertiary/aromatic N) is 2. The second-order valence-electron chi connectivity index (χ2n) is 6.24. The lowest BCUT2D eigenvalue weighted by molar-refractivity contribution is -0.387. The van der Waals surface area contributed by atoms with Crippen LogP contribution < -0.4 is 15.0 Å². The second-order valence-corrected chi connectivity index (χ2v) is 6.24. The highest BCUT2D eigenvalue weighted by molar-refractivity contribution is 6.03. The Morgan fingerprint density at radius 3 is 2.68 bits per heavy atom. The first kappa shape index (κ1) is 19.3. The Bertz CT molecular complexity index is 916. The van der Waals surface area contributed by atoms with E-state index < -0.39 is 28.3 Å². The number of benzene rings is 2. The quantitative estimate of drug-likeness (QED) is 0.606. The van der Waals surface area contributed by atoms with Gasteiger partial charge >= 0.3 is 5.69 Å². The summed E-state index contributed by atoms with van der Waals surface area (Å²) in [6.07, 6.45) is 0.0162. The Labute approximate surface area is 160 Å². The van der Waals surface area contributed by atoms with E-state index in [2.05, 4.69) is 5.32 Å². The Morgan fingerprint density at radius 1 is 1.32 bits per heavy atom. The summed E-state index contributed by atoms with van der Waals surface area (Å²) in [7, 11) is 0. The van der Waals surface area contributed by atoms with Gasteiger partial charge in [0.2, 0.25) is 17.6 Å². The first-order valence-electron chi connectivity index (χ1n) is 8.67. The average molecular weight is 387 g/mol. The van der Waals surface area contributed by atoms with Crippen LogP contribution in [0.5, 0.6) is 5.75 Å². The molecule has 1 fully saturated rings. The van der Waals surface area contributed by atoms with Crippen molar-refractivity contribution < 1.29 is 23.6 Å². The molecule has 3 rings (SSSR count). The van der Waals surface area contributed by atoms with E-state index in [-0.39, 0.29) is 24.6 Å². The lowest BCUT2D eigenvalue weighted by atomic mass is 10.1. The summed E-state index contributed by atoms with van der Waals surface area (Å²) in [5.74, 6) is -1.58. The van der Waals surface area contributed by atoms with Gasteiger partial charge in [0.05, 0.1) is 17.4 Å². The van der Waals surface area contributed by atoms with E-state index in [1.54, 1.807) is 24.3 Å². The van der Waals surface area contributed by atoms with Crippen LogP contribution in [0.4, 0.5) is 21.5 Å². The van der Waals surface area contributed by atoms with Crippen LogP contribution in [0, 0.1) is 21.8 Å². The van der Waals surface area contributed by atoms with Gasteiger partial charge in [-0.2, -0.15) is 4.39 Å². The minimum atomic E-state index is -0.985. The van der Waals surface area contributed by atoms with Crippen LogP contribution in [0.25, 0.3) is 0 Å². The summed E-state index contributed by atoms with van der Waals surface area (Å²) in [4.78, 5) is 36.2. The van der Waals surface area contributed by atoms with Crippen molar-refractivity contribution in [2.24, 2.45) is 5.92 Å². The number of hydrogen-bond donors (Lipinski definition) is 1. The molecule has 0 aromatic heterocycles. The van der Waals surface area contributed by atoms with Crippen LogP contribution in [0.1, 0.15) is 13.3 Å². The number of carbonyl (C=O) groups excluding carboxylic acids is 2. The molecule has 146 valence electrons. The summed E-state index contributed by atoms with van der Waals surface area (Å²) in [5.41, 5.74) is 0.0301. The van der Waals surface area contributed by atoms with Crippen molar-refractivity contribution in [1.29, 1.82) is 0 Å². The van der Waals surface area contributed by atoms with E-state index in [0.29, 0.717) is 18.0 Å². The number of anilines is 2. The van der Waals surface area contributed by atoms with E-state index in [9.17, 15) is 24.1 Å². The zero-order valence-electron chi connectivity index (χ0n) is 15.1. The molecule has 0 aliphatic carbocycles. The van der Waals surface area contributed by atoms with Crippen LogP contribution in [0.3, 0.4) is 0 Å². The standard InChI is InChI=1S/C19H18FN3O5/c1-2-28-15-6-4-14(5-7-15)22-11-12(9-18(22)24)19(25)21-13-3-8-16(20)17(10-13)23(26)27/h3-8,10,12H,2,9,11H2,1H3,(H,21,25). The lowest BCUT2D eigenvalue weighted by Crippen LogP contribution is -2.28. The molecule has 28 heavy (non-hydrogen) atoms. The number of rotatable bonds is 6. The molecule has 8 nitrogen and oxygen atoms in total. The fourth-order valence-electron chi connectivity index (χ4n) is 3.00. The van der Waals surface area contributed by atoms with Gasteiger partial charge < -0.3 is 15.0 Å². The summed E-state index contributed by atoms with van der Waals surface area (Å²) in [6, 6.07) is 10.1. The first-order valence-corrected chi connectivity index (χ1v) is 8.67. The van der Waals surface area contributed by atoms with Gasteiger partial charge in [-0.05, 0) is 43.3 Å². The topological polar surface area (TPSA) is 102 Å². The number of nitrogens with one attached hydrogen (secondary N) is 1. The Morgan fingerprint density at radius 2 is 2.04 bits per heavy atom. The van der Waals surface area contributed by atoms with Gasteiger partial charge in [-0.15, -0.1) is 0 Å². The number of nitro benzene ring substituents is 1. The molecule has 9 heteroatoms. The van der Waals surface area contributed by atoms with Gasteiger partial charge in [-0.1, -0.05) is 0 Å². The maximum absolute atomic E-state index is 13.4. The Kier molecular flexibility index (Phi) is 5.53. The molecule has 0 saturated carbocycles. The minimum Gasteiger partial charge on any atom is -0.494 e. The van der Waals surface area contributed by atoms with Crippen molar-refractivity contribution in [2.75, 3.05) is 23.4 Å². The molecule has 1 N–H and O–H groups in total. The molecule has 2 aromatic rings. The minimum absolute atomic E-state index is 0.0162. The Balaban J connectivity index is 1.68. The fourth-order valence-corrected chi connectivity index (χ4v) is 3.00. The van der Waals surface area contributed by atoms with Crippen LogP contribution in [0.2, 0.25) is 0 Å². The number of ether oxygens (including phenoxy) is 1. The van der Waals surface area contributed by atoms with Crippen molar-refractivity contribution in [1.82, 2.24) is 0 Å². The van der Waals surface area contributed by atoms with Gasteiger partial charge in [0, 0.05) is 30.4 Å². The predicted octanol–water partition coefficient (Wildman–Crippen LogP) is 3.12. The molecular formula is C19H18FN3O5. The monoisotopic (exact) mass is 387 g/mol. The summed E-state index contributed by atoms with van der Waals surface area (Å²) < 4.78 is 18.8. The number of hydrogen-bond acceptors (Lipinski definition) is 5. The van der Waals surface area contributed by atoms with Crippen molar-refractivity contribution in [3.05, 3.63) is 58.4 Å². The molecule has 1 unspecified atom stereocenters. The summed E-state index contributed by atoms with van der Waals surface area (Å²) >= 11 is 0. The zero-order chi connectivity index (χ0) is 20.3. The van der Waals surface area contributed by atoms with Crippen molar-refractivity contribution in [3.8, 4) is 5.75 Å². The van der Waals surface area contributed by atoms with Crippen molar-refractivity contribution >= 4 is 28.9 Å². The highest BCUT2D eigenvalue weighted by Crippen LogP contribution is 2.28. The van der Waals surface area contributed by atoms with Crippen molar-refractivity contribution in [3.63, 3.8) is 0 Å². The number of nitro groups is 1. The van der Waals surface area contributed by atoms with Gasteiger partial charge in [-0.25, -0.2) is 0 Å². The van der Waals surface area contributed by atoms with Gasteiger partial charge in [0.25, 0.3) is 0 Å². The maximum atomic E-state index is 13.4. The van der Waals surface area contributed by atoms with Gasteiger partial charge in [0.15, 0.2) is 0 Å². The molecule has 1 aliphatic rings. The fraction of sp³-hybridized carbons (Fsp3) is 0.263.